The highest BCUT2D eigenvalue weighted by Gasteiger charge is 2.48. The minimum atomic E-state index is -1.36. The number of esters is 2. The van der Waals surface area contributed by atoms with E-state index in [1.807, 2.05) is 36.4 Å². The Hall–Kier alpha value is -3.19. The number of H-pyrrole nitrogens is 1. The second-order valence-corrected chi connectivity index (χ2v) is 10.5. The molecule has 1 saturated heterocycles. The number of halogens is 3. The van der Waals surface area contributed by atoms with Crippen molar-refractivity contribution in [2.75, 3.05) is 0 Å². The maximum atomic E-state index is 13.2. The first-order valence-electron chi connectivity index (χ1n) is 11.5. The molecule has 1 aliphatic heterocycles. The lowest BCUT2D eigenvalue weighted by Crippen LogP contribution is -2.48. The molecule has 6 nitrogen and oxygen atoms in total. The molecule has 190 valence electrons. The molecule has 1 fully saturated rings. The van der Waals surface area contributed by atoms with Gasteiger partial charge in [-0.15, -0.1) is 0 Å². The lowest BCUT2D eigenvalue weighted by atomic mass is 9.80. The van der Waals surface area contributed by atoms with Gasteiger partial charge in [0.2, 0.25) is 0 Å². The van der Waals surface area contributed by atoms with Crippen LogP contribution < -0.4 is 4.74 Å². The summed E-state index contributed by atoms with van der Waals surface area (Å²) < 4.78 is 16.8. The average Bonchev–Trinajstić information content (AvgIpc) is 3.25. The number of aromatic amines is 1. The van der Waals surface area contributed by atoms with Crippen molar-refractivity contribution in [1.82, 2.24) is 4.98 Å². The molecule has 0 amide bonds. The van der Waals surface area contributed by atoms with E-state index < -0.39 is 29.6 Å². The van der Waals surface area contributed by atoms with Gasteiger partial charge < -0.3 is 19.2 Å². The van der Waals surface area contributed by atoms with E-state index >= 15 is 0 Å². The van der Waals surface area contributed by atoms with E-state index in [1.165, 1.54) is 13.8 Å². The quantitative estimate of drug-likeness (QED) is 0.199. The summed E-state index contributed by atoms with van der Waals surface area (Å²) in [4.78, 5) is 29.5. The SMILES string of the molecule is CC1(C)OC(=O)C([C@@H](c2cc(Cl)c(OCc3ccc(Cl)cc3)c(Cl)c2)c2c[nH]c3ccccc23)C(=O)O1. The van der Waals surface area contributed by atoms with Gasteiger partial charge in [-0.05, 0) is 47.0 Å². The Balaban J connectivity index is 1.56. The Bertz CT molecular complexity index is 1450. The summed E-state index contributed by atoms with van der Waals surface area (Å²) >= 11 is 19.2. The number of ether oxygens (including phenoxy) is 3. The number of fused-ring (bicyclic) bond motifs is 1. The van der Waals surface area contributed by atoms with Crippen LogP contribution in [-0.4, -0.2) is 22.7 Å². The first-order chi connectivity index (χ1) is 17.6. The summed E-state index contributed by atoms with van der Waals surface area (Å²) in [6.45, 7) is 3.25. The molecule has 2 heterocycles. The highest BCUT2D eigenvalue weighted by atomic mass is 35.5. The number of cyclic esters (lactones) is 2. The molecule has 5 rings (SSSR count). The Labute approximate surface area is 228 Å². The van der Waals surface area contributed by atoms with Crippen LogP contribution in [0.15, 0.2) is 66.9 Å². The molecule has 9 heteroatoms. The van der Waals surface area contributed by atoms with Crippen LogP contribution in [0.25, 0.3) is 10.9 Å². The van der Waals surface area contributed by atoms with Crippen LogP contribution in [-0.2, 0) is 25.7 Å². The monoisotopic (exact) mass is 557 g/mol. The molecule has 0 saturated carbocycles. The van der Waals surface area contributed by atoms with E-state index in [0.29, 0.717) is 16.1 Å². The number of nitrogens with one attached hydrogen (secondary N) is 1. The molecular weight excluding hydrogens is 537 g/mol. The molecule has 0 radical (unpaired) electrons. The maximum absolute atomic E-state index is 13.2. The molecule has 1 aliphatic rings. The van der Waals surface area contributed by atoms with Gasteiger partial charge in [0.05, 0.1) is 10.0 Å². The molecule has 3 aromatic carbocycles. The zero-order valence-electron chi connectivity index (χ0n) is 19.9. The maximum Gasteiger partial charge on any atom is 0.324 e. The van der Waals surface area contributed by atoms with Crippen LogP contribution in [0.2, 0.25) is 15.1 Å². The van der Waals surface area contributed by atoms with Crippen molar-refractivity contribution >= 4 is 57.6 Å². The second-order valence-electron chi connectivity index (χ2n) is 9.22. The number of para-hydroxylation sites is 1. The van der Waals surface area contributed by atoms with Crippen molar-refractivity contribution in [1.29, 1.82) is 0 Å². The lowest BCUT2D eigenvalue weighted by Gasteiger charge is -2.36. The molecule has 0 aliphatic carbocycles. The number of rotatable bonds is 6. The fourth-order valence-electron chi connectivity index (χ4n) is 4.54. The summed E-state index contributed by atoms with van der Waals surface area (Å²) in [5, 5.41) is 1.93. The number of aromatic nitrogens is 1. The van der Waals surface area contributed by atoms with Gasteiger partial charge in [-0.3, -0.25) is 9.59 Å². The van der Waals surface area contributed by atoms with Gasteiger partial charge in [-0.1, -0.05) is 65.1 Å². The van der Waals surface area contributed by atoms with Crippen molar-refractivity contribution in [2.24, 2.45) is 5.92 Å². The lowest BCUT2D eigenvalue weighted by molar-refractivity contribution is -0.240. The first kappa shape index (κ1) is 25.5. The minimum Gasteiger partial charge on any atom is -0.486 e. The number of hydrogen-bond donors (Lipinski definition) is 1. The fraction of sp³-hybridized carbons (Fsp3) is 0.214. The third-order valence-corrected chi connectivity index (χ3v) is 6.98. The normalized spacial score (nSPS) is 16.4. The van der Waals surface area contributed by atoms with Gasteiger partial charge in [0, 0.05) is 41.9 Å². The van der Waals surface area contributed by atoms with Crippen molar-refractivity contribution in [3.63, 3.8) is 0 Å². The molecule has 0 bridgehead atoms. The van der Waals surface area contributed by atoms with Gasteiger partial charge in [-0.2, -0.15) is 0 Å². The standard InChI is InChI=1S/C28H22Cl3NO5/c1-28(2)36-26(33)24(27(34)37-28)23(19-13-32-22-6-4-3-5-18(19)22)16-11-20(30)25(21(31)12-16)35-14-15-7-9-17(29)10-8-15/h3-13,23-24,32H,14H2,1-2H3/t23-/m0/s1. The zero-order valence-corrected chi connectivity index (χ0v) is 22.2. The van der Waals surface area contributed by atoms with Crippen LogP contribution in [0.1, 0.15) is 36.5 Å². The van der Waals surface area contributed by atoms with Crippen molar-refractivity contribution < 1.29 is 23.8 Å². The van der Waals surface area contributed by atoms with Crippen molar-refractivity contribution in [3.8, 4) is 5.75 Å². The Morgan fingerprint density at radius 3 is 2.22 bits per heavy atom. The summed E-state index contributed by atoms with van der Waals surface area (Å²) in [5.74, 6) is -4.49. The second kappa shape index (κ2) is 9.93. The van der Waals surface area contributed by atoms with Crippen LogP contribution in [0, 0.1) is 5.92 Å². The predicted octanol–water partition coefficient (Wildman–Crippen LogP) is 7.29. The summed E-state index contributed by atoms with van der Waals surface area (Å²) in [5.41, 5.74) is 2.97. The summed E-state index contributed by atoms with van der Waals surface area (Å²) in [6, 6.07) is 18.1. The molecule has 1 N–H and O–H groups in total. The third-order valence-electron chi connectivity index (χ3n) is 6.17. The van der Waals surface area contributed by atoms with Gasteiger partial charge in [0.15, 0.2) is 11.7 Å². The topological polar surface area (TPSA) is 77.6 Å². The number of hydrogen-bond acceptors (Lipinski definition) is 5. The van der Waals surface area contributed by atoms with E-state index in [9.17, 15) is 9.59 Å². The number of carbonyl (C=O) groups is 2. The summed E-state index contributed by atoms with van der Waals surface area (Å²) in [6.07, 6.45) is 1.77. The predicted molar refractivity (Wildman–Crippen MR) is 142 cm³/mol. The van der Waals surface area contributed by atoms with Crippen LogP contribution in [0.3, 0.4) is 0 Å². The Morgan fingerprint density at radius 2 is 1.57 bits per heavy atom. The largest absolute Gasteiger partial charge is 0.486 e. The minimum absolute atomic E-state index is 0.220. The van der Waals surface area contributed by atoms with E-state index in [2.05, 4.69) is 4.98 Å². The third kappa shape index (κ3) is 5.14. The number of benzene rings is 3. The van der Waals surface area contributed by atoms with Crippen LogP contribution >= 0.6 is 34.8 Å². The fourth-order valence-corrected chi connectivity index (χ4v) is 5.28. The molecule has 0 unspecified atom stereocenters. The van der Waals surface area contributed by atoms with E-state index in [4.69, 9.17) is 49.0 Å². The van der Waals surface area contributed by atoms with E-state index in [-0.39, 0.29) is 22.4 Å². The highest BCUT2D eigenvalue weighted by molar-refractivity contribution is 6.37. The van der Waals surface area contributed by atoms with Crippen LogP contribution in [0.4, 0.5) is 0 Å². The van der Waals surface area contributed by atoms with Gasteiger partial charge in [-0.25, -0.2) is 0 Å². The highest BCUT2D eigenvalue weighted by Crippen LogP contribution is 2.44. The van der Waals surface area contributed by atoms with Gasteiger partial charge >= 0.3 is 11.9 Å². The van der Waals surface area contributed by atoms with Crippen LogP contribution in [0.5, 0.6) is 5.75 Å². The van der Waals surface area contributed by atoms with Gasteiger partial charge in [0.1, 0.15) is 6.61 Å². The molecule has 0 spiro atoms. The molecule has 1 aromatic heterocycles. The Kier molecular flexibility index (Phi) is 6.84. The zero-order chi connectivity index (χ0) is 26.3. The summed E-state index contributed by atoms with van der Waals surface area (Å²) in [7, 11) is 0. The molecular formula is C28H22Cl3NO5. The molecule has 37 heavy (non-hydrogen) atoms. The molecule has 4 aromatic rings. The van der Waals surface area contributed by atoms with E-state index in [0.717, 1.165) is 16.5 Å². The van der Waals surface area contributed by atoms with E-state index in [1.54, 1.807) is 30.5 Å². The first-order valence-corrected chi connectivity index (χ1v) is 12.6. The smallest absolute Gasteiger partial charge is 0.324 e. The average molecular weight is 559 g/mol. The Morgan fingerprint density at radius 1 is 0.946 bits per heavy atom. The van der Waals surface area contributed by atoms with Crippen molar-refractivity contribution in [3.05, 3.63) is 98.6 Å². The molecule has 1 atom stereocenters. The van der Waals surface area contributed by atoms with Crippen molar-refractivity contribution in [2.45, 2.75) is 32.2 Å². The van der Waals surface area contributed by atoms with Gasteiger partial charge in [0.25, 0.3) is 5.79 Å². The number of carbonyl (C=O) groups excluding carboxylic acids is 2.